The van der Waals surface area contributed by atoms with Crippen molar-refractivity contribution in [2.24, 2.45) is 0 Å². The number of benzene rings is 7. The van der Waals surface area contributed by atoms with Gasteiger partial charge in [-0.15, -0.1) is 0 Å². The minimum atomic E-state index is 0.0916. The number of aromatic nitrogens is 2. The molecule has 0 saturated heterocycles. The first-order valence-electron chi connectivity index (χ1n) is 18.9. The Labute approximate surface area is 308 Å². The molecule has 1 aliphatic carbocycles. The van der Waals surface area contributed by atoms with E-state index in [0.29, 0.717) is 0 Å². The third-order valence-corrected chi connectivity index (χ3v) is 12.4. The van der Waals surface area contributed by atoms with E-state index in [1.54, 1.807) is 0 Å². The fraction of sp³-hybridized carbons (Fsp3) is 0.160. The quantitative estimate of drug-likeness (QED) is 0.182. The third-order valence-electron chi connectivity index (χ3n) is 12.4. The average molecular weight is 685 g/mol. The van der Waals surface area contributed by atoms with E-state index in [-0.39, 0.29) is 10.8 Å². The zero-order chi connectivity index (χ0) is 35.6. The Morgan fingerprint density at radius 2 is 0.981 bits per heavy atom. The van der Waals surface area contributed by atoms with E-state index in [9.17, 15) is 0 Å². The topological polar surface area (TPSA) is 23.0 Å². The molecule has 0 atom stereocenters. The van der Waals surface area contributed by atoms with E-state index in [1.807, 2.05) is 12.1 Å². The number of para-hydroxylation sites is 3. The Morgan fingerprint density at radius 3 is 1.74 bits per heavy atom. The van der Waals surface area contributed by atoms with Gasteiger partial charge in [-0.3, -0.25) is 0 Å². The van der Waals surface area contributed by atoms with E-state index >= 15 is 0 Å². The Kier molecular flexibility index (Phi) is 6.19. The molecule has 10 aromatic rings. The van der Waals surface area contributed by atoms with Crippen molar-refractivity contribution < 1.29 is 4.42 Å². The lowest BCUT2D eigenvalue weighted by atomic mass is 9.63. The zero-order valence-electron chi connectivity index (χ0n) is 30.6. The van der Waals surface area contributed by atoms with Crippen LogP contribution in [0.3, 0.4) is 0 Å². The highest BCUT2D eigenvalue weighted by atomic mass is 16.3. The summed E-state index contributed by atoms with van der Waals surface area (Å²) in [4.78, 5) is 0. The predicted octanol–water partition coefficient (Wildman–Crippen LogP) is 13.8. The number of rotatable bonds is 3. The summed E-state index contributed by atoms with van der Waals surface area (Å²) in [6.07, 6.45) is 2.36. The van der Waals surface area contributed by atoms with Crippen LogP contribution in [0.2, 0.25) is 0 Å². The molecule has 3 heteroatoms. The van der Waals surface area contributed by atoms with Crippen LogP contribution < -0.4 is 0 Å². The summed E-state index contributed by atoms with van der Waals surface area (Å²) in [5.74, 6) is 0. The Balaban J connectivity index is 1.23. The standard InChI is InChI=1S/C50H40N2O/c1-49(2)26-27-50(3,4)42-30-44-39(29-41(42)49)38-24-23-37-35-14-8-10-16-43(35)51(33-12-6-5-7-13-33)47(37)48(38)52(44)34-21-18-31(19-22-34)32-20-25-46-40(28-32)36-15-9-11-17-45(36)53-46/h5-25,28-30H,26-27H2,1-4H3. The molecular weight excluding hydrogens is 645 g/mol. The summed E-state index contributed by atoms with van der Waals surface area (Å²) in [6.45, 7) is 9.72. The molecule has 1 aliphatic rings. The maximum absolute atomic E-state index is 6.15. The largest absolute Gasteiger partial charge is 0.456 e. The molecule has 0 radical (unpaired) electrons. The number of hydrogen-bond acceptors (Lipinski definition) is 1. The second kappa shape index (κ2) is 10.7. The molecule has 3 nitrogen and oxygen atoms in total. The van der Waals surface area contributed by atoms with Gasteiger partial charge in [0.2, 0.25) is 0 Å². The van der Waals surface area contributed by atoms with Gasteiger partial charge in [-0.05, 0) is 107 Å². The van der Waals surface area contributed by atoms with E-state index in [2.05, 4.69) is 170 Å². The van der Waals surface area contributed by atoms with Gasteiger partial charge in [0, 0.05) is 43.7 Å². The number of furan rings is 1. The minimum Gasteiger partial charge on any atom is -0.456 e. The molecule has 256 valence electrons. The van der Waals surface area contributed by atoms with Crippen LogP contribution in [0.4, 0.5) is 0 Å². The summed E-state index contributed by atoms with van der Waals surface area (Å²) >= 11 is 0. The fourth-order valence-electron chi connectivity index (χ4n) is 9.43. The first kappa shape index (κ1) is 30.6. The number of hydrogen-bond donors (Lipinski definition) is 0. The highest BCUT2D eigenvalue weighted by molar-refractivity contribution is 6.24. The summed E-state index contributed by atoms with van der Waals surface area (Å²) in [5, 5.41) is 7.44. The Morgan fingerprint density at radius 1 is 0.415 bits per heavy atom. The van der Waals surface area contributed by atoms with E-state index in [1.165, 1.54) is 84.4 Å². The van der Waals surface area contributed by atoms with Crippen molar-refractivity contribution in [1.29, 1.82) is 0 Å². The minimum absolute atomic E-state index is 0.0916. The summed E-state index contributed by atoms with van der Waals surface area (Å²) in [5.41, 5.74) is 14.7. The smallest absolute Gasteiger partial charge is 0.135 e. The second-order valence-electron chi connectivity index (χ2n) is 16.4. The van der Waals surface area contributed by atoms with E-state index in [0.717, 1.165) is 27.6 Å². The average Bonchev–Trinajstić information content (AvgIpc) is 3.84. The highest BCUT2D eigenvalue weighted by Crippen LogP contribution is 2.50. The van der Waals surface area contributed by atoms with Crippen LogP contribution in [-0.2, 0) is 10.8 Å². The van der Waals surface area contributed by atoms with Crippen LogP contribution in [0.15, 0.2) is 150 Å². The molecule has 0 fully saturated rings. The maximum Gasteiger partial charge on any atom is 0.135 e. The van der Waals surface area contributed by atoms with Gasteiger partial charge in [0.1, 0.15) is 11.2 Å². The molecule has 53 heavy (non-hydrogen) atoms. The van der Waals surface area contributed by atoms with Crippen LogP contribution in [0, 0.1) is 0 Å². The molecule has 0 saturated carbocycles. The van der Waals surface area contributed by atoms with Gasteiger partial charge in [0.05, 0.1) is 22.1 Å². The monoisotopic (exact) mass is 684 g/mol. The second-order valence-corrected chi connectivity index (χ2v) is 16.4. The third kappa shape index (κ3) is 4.34. The van der Waals surface area contributed by atoms with Crippen molar-refractivity contribution in [1.82, 2.24) is 9.13 Å². The summed E-state index contributed by atoms with van der Waals surface area (Å²) in [7, 11) is 0. The summed E-state index contributed by atoms with van der Waals surface area (Å²) in [6, 6.07) is 53.6. The summed E-state index contributed by atoms with van der Waals surface area (Å²) < 4.78 is 11.2. The molecule has 3 aromatic heterocycles. The molecule has 0 N–H and O–H groups in total. The molecule has 7 aromatic carbocycles. The van der Waals surface area contributed by atoms with Crippen molar-refractivity contribution in [2.45, 2.75) is 51.4 Å². The lowest BCUT2D eigenvalue weighted by Crippen LogP contribution is -2.33. The Hall–Kier alpha value is -6.06. The van der Waals surface area contributed by atoms with E-state index < -0.39 is 0 Å². The maximum atomic E-state index is 6.15. The normalized spacial score (nSPS) is 15.3. The van der Waals surface area contributed by atoms with Gasteiger partial charge in [-0.2, -0.15) is 0 Å². The molecule has 0 amide bonds. The van der Waals surface area contributed by atoms with Crippen LogP contribution in [0.5, 0.6) is 0 Å². The van der Waals surface area contributed by atoms with Crippen LogP contribution in [0.25, 0.3) is 88.1 Å². The van der Waals surface area contributed by atoms with Gasteiger partial charge < -0.3 is 13.6 Å². The lowest BCUT2D eigenvalue weighted by Gasteiger charge is -2.42. The number of fused-ring (bicyclic) bond motifs is 11. The fourth-order valence-corrected chi connectivity index (χ4v) is 9.43. The van der Waals surface area contributed by atoms with Crippen LogP contribution in [-0.4, -0.2) is 9.13 Å². The van der Waals surface area contributed by atoms with Gasteiger partial charge in [-0.25, -0.2) is 0 Å². The van der Waals surface area contributed by atoms with Gasteiger partial charge in [-0.1, -0.05) is 113 Å². The van der Waals surface area contributed by atoms with Gasteiger partial charge >= 0.3 is 0 Å². The van der Waals surface area contributed by atoms with E-state index in [4.69, 9.17) is 4.42 Å². The van der Waals surface area contributed by atoms with Crippen LogP contribution >= 0.6 is 0 Å². The zero-order valence-corrected chi connectivity index (χ0v) is 30.6. The van der Waals surface area contributed by atoms with Gasteiger partial charge in [0.15, 0.2) is 0 Å². The molecule has 0 spiro atoms. The molecule has 0 unspecified atom stereocenters. The lowest BCUT2D eigenvalue weighted by molar-refractivity contribution is 0.332. The molecule has 11 rings (SSSR count). The SMILES string of the molecule is CC1(C)CCC(C)(C)c2cc3c(cc21)c1ccc2c4ccccc4n(-c4ccccc4)c2c1n3-c1ccc(-c2ccc3oc4ccccc4c3c2)cc1. The van der Waals surface area contributed by atoms with Crippen molar-refractivity contribution in [3.63, 3.8) is 0 Å². The Bertz CT molecular complexity index is 3090. The van der Waals surface area contributed by atoms with Crippen molar-refractivity contribution in [3.05, 3.63) is 157 Å². The van der Waals surface area contributed by atoms with Crippen molar-refractivity contribution in [3.8, 4) is 22.5 Å². The van der Waals surface area contributed by atoms with Crippen molar-refractivity contribution >= 4 is 65.6 Å². The predicted molar refractivity (Wildman–Crippen MR) is 223 cm³/mol. The number of nitrogens with zero attached hydrogens (tertiary/aromatic N) is 2. The molecular formula is C50H40N2O. The molecule has 3 heterocycles. The first-order valence-corrected chi connectivity index (χ1v) is 18.9. The van der Waals surface area contributed by atoms with Crippen LogP contribution in [0.1, 0.15) is 51.7 Å². The highest BCUT2D eigenvalue weighted by Gasteiger charge is 2.38. The molecule has 0 bridgehead atoms. The van der Waals surface area contributed by atoms with Crippen molar-refractivity contribution in [2.75, 3.05) is 0 Å². The molecule has 0 aliphatic heterocycles. The first-order chi connectivity index (χ1) is 25.8. The van der Waals surface area contributed by atoms with Gasteiger partial charge in [0.25, 0.3) is 0 Å².